The van der Waals surface area contributed by atoms with E-state index in [-0.39, 0.29) is 13.0 Å². The summed E-state index contributed by atoms with van der Waals surface area (Å²) in [5, 5.41) is 60.9. The van der Waals surface area contributed by atoms with E-state index in [0.29, 0.717) is 0 Å². The highest BCUT2D eigenvalue weighted by Crippen LogP contribution is 2.30. The zero-order valence-electron chi connectivity index (χ0n) is 18.0. The van der Waals surface area contributed by atoms with Crippen molar-refractivity contribution in [2.45, 2.75) is 98.1 Å². The molecular weight excluding hydrogens is 446 g/mol. The highest BCUT2D eigenvalue weighted by atomic mass is 16.7. The summed E-state index contributed by atoms with van der Waals surface area (Å²) >= 11 is 0. The van der Waals surface area contributed by atoms with Crippen LogP contribution in [0, 0.1) is 0 Å². The fraction of sp³-hybridized carbons (Fsp3) is 1.00. The molecule has 3 aliphatic rings. The molecule has 0 aromatic carbocycles. The van der Waals surface area contributed by atoms with E-state index in [1.165, 1.54) is 0 Å². The third-order valence-corrected chi connectivity index (χ3v) is 6.56. The SMILES string of the molecule is NC[C@H]1O[C@H](O[C@H]2[C@H](O)[C@H](O[C@H]3O[C@H](CO)[C@H](O)[C@H](N)[C@H]3O)[C@H](N)C[C@@H]2N)[C@H](N)[C@@H](O)[C@@H]1O. The van der Waals surface area contributed by atoms with Crippen LogP contribution >= 0.6 is 0 Å². The van der Waals surface area contributed by atoms with Gasteiger partial charge in [0.25, 0.3) is 0 Å². The van der Waals surface area contributed by atoms with E-state index in [9.17, 15) is 30.6 Å². The van der Waals surface area contributed by atoms with E-state index >= 15 is 0 Å². The highest BCUT2D eigenvalue weighted by Gasteiger charge is 2.51. The standard InChI is InChI=1S/C18H37N5O10/c19-2-6-11(26)12(27)9(23)17(30-6)32-15-4(20)1-5(21)16(14(15)29)33-18-13(28)8(22)10(25)7(3-24)31-18/h4-18,24-29H,1-3,19-23H2/t4-,5+,6+,7+,8-,9+,10-,11+,12+,13+,14-,15+,16+,17+,18+/m0/s1. The van der Waals surface area contributed by atoms with E-state index in [2.05, 4.69) is 0 Å². The minimum atomic E-state index is -1.48. The Kier molecular flexibility index (Phi) is 8.99. The Bertz CT molecular complexity index is 585. The van der Waals surface area contributed by atoms with E-state index in [0.717, 1.165) is 0 Å². The molecule has 2 aliphatic heterocycles. The Hall–Kier alpha value is -0.600. The first-order valence-electron chi connectivity index (χ1n) is 10.9. The summed E-state index contributed by atoms with van der Waals surface area (Å²) in [6.45, 7) is -0.694. The Balaban J connectivity index is 1.72. The van der Waals surface area contributed by atoms with Crippen molar-refractivity contribution in [2.75, 3.05) is 13.2 Å². The lowest BCUT2D eigenvalue weighted by molar-refractivity contribution is -0.318. The summed E-state index contributed by atoms with van der Waals surface area (Å²) in [6.07, 6.45) is -13.9. The van der Waals surface area contributed by atoms with E-state index in [1.54, 1.807) is 0 Å². The van der Waals surface area contributed by atoms with E-state index in [1.807, 2.05) is 0 Å². The molecule has 15 nitrogen and oxygen atoms in total. The van der Waals surface area contributed by atoms with Crippen molar-refractivity contribution in [2.24, 2.45) is 28.7 Å². The summed E-state index contributed by atoms with van der Waals surface area (Å²) in [5.74, 6) is 0. The molecule has 0 bridgehead atoms. The van der Waals surface area contributed by atoms with Gasteiger partial charge in [0.05, 0.1) is 18.7 Å². The van der Waals surface area contributed by atoms with Crippen molar-refractivity contribution in [3.05, 3.63) is 0 Å². The molecule has 15 heteroatoms. The van der Waals surface area contributed by atoms with Crippen LogP contribution in [0.1, 0.15) is 6.42 Å². The lowest BCUT2D eigenvalue weighted by atomic mass is 9.84. The number of rotatable bonds is 6. The second kappa shape index (κ2) is 11.0. The fourth-order valence-electron chi connectivity index (χ4n) is 4.45. The lowest BCUT2D eigenvalue weighted by Crippen LogP contribution is -2.69. The molecule has 0 spiro atoms. The zero-order valence-corrected chi connectivity index (χ0v) is 18.0. The molecule has 15 atom stereocenters. The second-order valence-electron chi connectivity index (χ2n) is 8.88. The van der Waals surface area contributed by atoms with Crippen LogP contribution in [-0.4, -0.2) is 135 Å². The van der Waals surface area contributed by atoms with E-state index in [4.69, 9.17) is 47.6 Å². The maximum absolute atomic E-state index is 11.0. The van der Waals surface area contributed by atoms with Crippen molar-refractivity contribution in [1.82, 2.24) is 0 Å². The largest absolute Gasteiger partial charge is 0.394 e. The van der Waals surface area contributed by atoms with Gasteiger partial charge in [-0.3, -0.25) is 0 Å². The van der Waals surface area contributed by atoms with Crippen LogP contribution < -0.4 is 28.7 Å². The molecule has 0 aromatic rings. The van der Waals surface area contributed by atoms with Crippen LogP contribution in [-0.2, 0) is 18.9 Å². The van der Waals surface area contributed by atoms with Crippen molar-refractivity contribution in [3.8, 4) is 0 Å². The minimum absolute atomic E-state index is 0.115. The topological polar surface area (TPSA) is 288 Å². The third kappa shape index (κ3) is 5.32. The molecule has 194 valence electrons. The molecule has 2 heterocycles. The Labute approximate surface area is 190 Å². The van der Waals surface area contributed by atoms with Crippen molar-refractivity contribution in [3.63, 3.8) is 0 Å². The predicted octanol–water partition coefficient (Wildman–Crippen LogP) is -7.33. The van der Waals surface area contributed by atoms with Crippen LogP contribution in [0.5, 0.6) is 0 Å². The van der Waals surface area contributed by atoms with Gasteiger partial charge in [0.1, 0.15) is 54.9 Å². The molecule has 1 aliphatic carbocycles. The summed E-state index contributed by atoms with van der Waals surface area (Å²) in [4.78, 5) is 0. The van der Waals surface area contributed by atoms with Gasteiger partial charge < -0.3 is 78.3 Å². The Morgan fingerprint density at radius 2 is 1.21 bits per heavy atom. The van der Waals surface area contributed by atoms with Gasteiger partial charge in [-0.15, -0.1) is 0 Å². The first kappa shape index (κ1) is 27.0. The molecular formula is C18H37N5O10. The first-order chi connectivity index (χ1) is 15.5. The van der Waals surface area contributed by atoms with Crippen molar-refractivity contribution < 1.29 is 49.6 Å². The molecule has 0 aromatic heterocycles. The number of hydrogen-bond acceptors (Lipinski definition) is 15. The minimum Gasteiger partial charge on any atom is -0.394 e. The van der Waals surface area contributed by atoms with Gasteiger partial charge in [0.2, 0.25) is 0 Å². The predicted molar refractivity (Wildman–Crippen MR) is 110 cm³/mol. The Morgan fingerprint density at radius 3 is 1.76 bits per heavy atom. The van der Waals surface area contributed by atoms with Crippen molar-refractivity contribution in [1.29, 1.82) is 0 Å². The number of ether oxygens (including phenoxy) is 4. The van der Waals surface area contributed by atoms with Gasteiger partial charge in [0.15, 0.2) is 12.6 Å². The summed E-state index contributed by atoms with van der Waals surface area (Å²) < 4.78 is 22.5. The molecule has 16 N–H and O–H groups in total. The maximum atomic E-state index is 11.0. The fourth-order valence-corrected chi connectivity index (χ4v) is 4.45. The van der Waals surface area contributed by atoms with Gasteiger partial charge in [0, 0.05) is 18.6 Å². The van der Waals surface area contributed by atoms with Gasteiger partial charge in [-0.05, 0) is 6.42 Å². The van der Waals surface area contributed by atoms with Gasteiger partial charge >= 0.3 is 0 Å². The third-order valence-electron chi connectivity index (χ3n) is 6.56. The van der Waals surface area contributed by atoms with Gasteiger partial charge in [-0.25, -0.2) is 0 Å². The van der Waals surface area contributed by atoms with Crippen LogP contribution in [0.15, 0.2) is 0 Å². The average molecular weight is 484 g/mol. The molecule has 1 saturated carbocycles. The second-order valence-corrected chi connectivity index (χ2v) is 8.88. The quantitative estimate of drug-likeness (QED) is 0.167. The number of aliphatic hydroxyl groups is 6. The van der Waals surface area contributed by atoms with Crippen LogP contribution in [0.2, 0.25) is 0 Å². The van der Waals surface area contributed by atoms with E-state index < -0.39 is 98.3 Å². The van der Waals surface area contributed by atoms with Crippen LogP contribution in [0.25, 0.3) is 0 Å². The summed E-state index contributed by atoms with van der Waals surface area (Å²) in [5.41, 5.74) is 29.6. The first-order valence-corrected chi connectivity index (χ1v) is 10.9. The van der Waals surface area contributed by atoms with Crippen LogP contribution in [0.4, 0.5) is 0 Å². The average Bonchev–Trinajstić information content (AvgIpc) is 2.79. The molecule has 33 heavy (non-hydrogen) atoms. The summed E-state index contributed by atoms with van der Waals surface area (Å²) in [7, 11) is 0. The van der Waals surface area contributed by atoms with Crippen molar-refractivity contribution >= 4 is 0 Å². The van der Waals surface area contributed by atoms with Gasteiger partial charge in [-0.2, -0.15) is 0 Å². The maximum Gasteiger partial charge on any atom is 0.186 e. The number of aliphatic hydroxyl groups excluding tert-OH is 6. The van der Waals surface area contributed by atoms with Gasteiger partial charge in [-0.1, -0.05) is 0 Å². The summed E-state index contributed by atoms with van der Waals surface area (Å²) in [6, 6.07) is -3.92. The molecule has 0 radical (unpaired) electrons. The normalized spacial score (nSPS) is 53.7. The lowest BCUT2D eigenvalue weighted by Gasteiger charge is -2.48. The molecule has 2 saturated heterocycles. The molecule has 3 rings (SSSR count). The van der Waals surface area contributed by atoms with Crippen LogP contribution in [0.3, 0.4) is 0 Å². The molecule has 3 fully saturated rings. The smallest absolute Gasteiger partial charge is 0.186 e. The zero-order chi connectivity index (χ0) is 24.6. The molecule has 0 amide bonds. The Morgan fingerprint density at radius 1 is 0.667 bits per heavy atom. The highest BCUT2D eigenvalue weighted by molar-refractivity contribution is 5.01. The number of nitrogens with two attached hydrogens (primary N) is 5. The number of hydrogen-bond donors (Lipinski definition) is 11. The molecule has 0 unspecified atom stereocenters. The monoisotopic (exact) mass is 483 g/mol.